The summed E-state index contributed by atoms with van der Waals surface area (Å²) in [6.07, 6.45) is 0.683. The Morgan fingerprint density at radius 2 is 2.08 bits per heavy atom. The standard InChI is InChI=1S/C6H9BNO4/c9-4-2-1-3-5(10)8(12)7-6(4)11/h6,11-12H,1-3H2. The first kappa shape index (κ1) is 9.21. The van der Waals surface area contributed by atoms with Crippen molar-refractivity contribution >= 4 is 19.1 Å². The van der Waals surface area contributed by atoms with Gasteiger partial charge >= 0.3 is 7.41 Å². The number of aliphatic hydroxyl groups is 1. The van der Waals surface area contributed by atoms with Gasteiger partial charge in [0.2, 0.25) is 5.91 Å². The molecule has 5 nitrogen and oxygen atoms in total. The fourth-order valence-electron chi connectivity index (χ4n) is 0.976. The summed E-state index contributed by atoms with van der Waals surface area (Å²) in [6, 6.07) is -1.36. The molecule has 0 aromatic carbocycles. The van der Waals surface area contributed by atoms with Crippen LogP contribution in [-0.2, 0) is 9.59 Å². The number of carbonyl (C=O) groups is 2. The molecule has 0 spiro atoms. The molecule has 0 saturated carbocycles. The molecular weight excluding hydrogens is 161 g/mol. The Hall–Kier alpha value is -0.875. The van der Waals surface area contributed by atoms with Crippen molar-refractivity contribution in [2.45, 2.75) is 25.3 Å². The zero-order valence-electron chi connectivity index (χ0n) is 6.43. The largest absolute Gasteiger partial charge is 0.392 e. The van der Waals surface area contributed by atoms with Crippen molar-refractivity contribution in [1.29, 1.82) is 0 Å². The number of hydrogen-bond donors (Lipinski definition) is 2. The highest BCUT2D eigenvalue weighted by Gasteiger charge is 2.26. The third-order valence-electron chi connectivity index (χ3n) is 1.68. The smallest absolute Gasteiger partial charge is 0.332 e. The Labute approximate surface area is 70.2 Å². The van der Waals surface area contributed by atoms with Gasteiger partial charge in [-0.3, -0.25) is 19.8 Å². The van der Waals surface area contributed by atoms with E-state index in [0.717, 1.165) is 7.41 Å². The fourth-order valence-corrected chi connectivity index (χ4v) is 0.976. The number of hydrogen-bond acceptors (Lipinski definition) is 4. The summed E-state index contributed by atoms with van der Waals surface area (Å²) in [6.45, 7) is 0. The normalized spacial score (nSPS) is 26.2. The summed E-state index contributed by atoms with van der Waals surface area (Å²) >= 11 is 0. The summed E-state index contributed by atoms with van der Waals surface area (Å²) < 4.78 is 0. The lowest BCUT2D eigenvalue weighted by Crippen LogP contribution is -2.43. The number of aliphatic hydroxyl groups excluding tert-OH is 1. The number of Topliss-reactive ketones (excluding diaryl/α,β-unsaturated/α-hetero) is 1. The van der Waals surface area contributed by atoms with Crippen LogP contribution in [0.4, 0.5) is 0 Å². The van der Waals surface area contributed by atoms with Crippen molar-refractivity contribution in [3.05, 3.63) is 0 Å². The highest BCUT2D eigenvalue weighted by atomic mass is 16.5. The second kappa shape index (κ2) is 3.69. The number of amides is 1. The highest BCUT2D eigenvalue weighted by Crippen LogP contribution is 2.06. The molecule has 2 N–H and O–H groups in total. The van der Waals surface area contributed by atoms with Crippen LogP contribution in [0.3, 0.4) is 0 Å². The molecule has 1 amide bonds. The molecule has 0 bridgehead atoms. The summed E-state index contributed by atoms with van der Waals surface area (Å²) in [5.41, 5.74) is 0. The molecule has 1 atom stereocenters. The van der Waals surface area contributed by atoms with Crippen LogP contribution >= 0.6 is 0 Å². The van der Waals surface area contributed by atoms with Gasteiger partial charge in [-0.05, 0) is 6.42 Å². The van der Waals surface area contributed by atoms with Crippen molar-refractivity contribution in [1.82, 2.24) is 4.97 Å². The predicted molar refractivity (Wildman–Crippen MR) is 39.3 cm³/mol. The summed E-state index contributed by atoms with van der Waals surface area (Å²) in [5, 5.41) is 17.9. The second-order valence-electron chi connectivity index (χ2n) is 2.65. The highest BCUT2D eigenvalue weighted by molar-refractivity contribution is 6.43. The molecule has 0 aliphatic carbocycles. The minimum absolute atomic E-state index is 0.130. The lowest BCUT2D eigenvalue weighted by atomic mass is 9.78. The quantitative estimate of drug-likeness (QED) is 0.357. The van der Waals surface area contributed by atoms with Crippen LogP contribution in [0.25, 0.3) is 0 Å². The average molecular weight is 170 g/mol. The van der Waals surface area contributed by atoms with E-state index in [1.165, 1.54) is 0 Å². The summed E-state index contributed by atoms with van der Waals surface area (Å²) in [5.74, 6) is -0.872. The Morgan fingerprint density at radius 3 is 2.75 bits per heavy atom. The van der Waals surface area contributed by atoms with Gasteiger partial charge in [0.25, 0.3) is 0 Å². The Morgan fingerprint density at radius 1 is 1.42 bits per heavy atom. The first-order valence-corrected chi connectivity index (χ1v) is 3.68. The van der Waals surface area contributed by atoms with Crippen LogP contribution in [0.15, 0.2) is 0 Å². The number of carbonyl (C=O) groups excluding carboxylic acids is 2. The molecule has 1 radical (unpaired) electrons. The monoisotopic (exact) mass is 170 g/mol. The van der Waals surface area contributed by atoms with E-state index in [-0.39, 0.29) is 23.6 Å². The molecule has 1 heterocycles. The van der Waals surface area contributed by atoms with E-state index in [4.69, 9.17) is 10.3 Å². The summed E-state index contributed by atoms with van der Waals surface area (Å²) in [7, 11) is 0.809. The molecular formula is C6H9BNO4. The maximum absolute atomic E-state index is 10.9. The van der Waals surface area contributed by atoms with E-state index in [0.29, 0.717) is 6.42 Å². The van der Waals surface area contributed by atoms with E-state index in [2.05, 4.69) is 0 Å². The first-order valence-electron chi connectivity index (χ1n) is 3.68. The molecule has 0 aromatic rings. The number of nitrogens with zero attached hydrogens (tertiary/aromatic N) is 1. The number of hydroxylamine groups is 1. The predicted octanol–water partition coefficient (Wildman–Crippen LogP) is -1.11. The van der Waals surface area contributed by atoms with Crippen molar-refractivity contribution < 1.29 is 19.9 Å². The van der Waals surface area contributed by atoms with E-state index >= 15 is 0 Å². The van der Waals surface area contributed by atoms with Gasteiger partial charge in [0, 0.05) is 12.8 Å². The molecule has 1 fully saturated rings. The van der Waals surface area contributed by atoms with Gasteiger partial charge in [0.1, 0.15) is 6.00 Å². The zero-order valence-corrected chi connectivity index (χ0v) is 6.43. The Kier molecular flexibility index (Phi) is 2.83. The second-order valence-corrected chi connectivity index (χ2v) is 2.65. The van der Waals surface area contributed by atoms with E-state index in [1.54, 1.807) is 0 Å². The fraction of sp³-hybridized carbons (Fsp3) is 0.667. The SMILES string of the molecule is O=C1CCCC(=O)N(O)[B]C1O. The lowest BCUT2D eigenvalue weighted by molar-refractivity contribution is -0.149. The number of ketones is 1. The van der Waals surface area contributed by atoms with Gasteiger partial charge in [0.05, 0.1) is 0 Å². The van der Waals surface area contributed by atoms with Crippen molar-refractivity contribution in [3.63, 3.8) is 0 Å². The maximum atomic E-state index is 10.9. The van der Waals surface area contributed by atoms with Gasteiger partial charge < -0.3 is 5.11 Å². The Bertz CT molecular complexity index is 188. The van der Waals surface area contributed by atoms with Crippen LogP contribution < -0.4 is 0 Å². The first-order chi connectivity index (χ1) is 5.61. The molecule has 1 aliphatic rings. The molecule has 12 heavy (non-hydrogen) atoms. The van der Waals surface area contributed by atoms with Crippen LogP contribution in [0.5, 0.6) is 0 Å². The molecule has 1 unspecified atom stereocenters. The van der Waals surface area contributed by atoms with Crippen LogP contribution in [0.2, 0.25) is 0 Å². The van der Waals surface area contributed by atoms with Crippen LogP contribution in [0, 0.1) is 0 Å². The average Bonchev–Trinajstić information content (AvgIpc) is 2.02. The van der Waals surface area contributed by atoms with Gasteiger partial charge in [-0.25, -0.2) is 0 Å². The molecule has 1 aliphatic heterocycles. The third-order valence-corrected chi connectivity index (χ3v) is 1.68. The minimum Gasteiger partial charge on any atom is -0.392 e. The van der Waals surface area contributed by atoms with Gasteiger partial charge in [0.15, 0.2) is 5.78 Å². The molecule has 1 rings (SSSR count). The maximum Gasteiger partial charge on any atom is 0.332 e. The van der Waals surface area contributed by atoms with E-state index < -0.39 is 11.9 Å². The topological polar surface area (TPSA) is 77.8 Å². The van der Waals surface area contributed by atoms with Crippen LogP contribution in [0.1, 0.15) is 19.3 Å². The lowest BCUT2D eigenvalue weighted by Gasteiger charge is -2.19. The molecule has 1 saturated heterocycles. The Balaban J connectivity index is 2.60. The number of rotatable bonds is 0. The molecule has 65 valence electrons. The van der Waals surface area contributed by atoms with E-state index in [1.807, 2.05) is 0 Å². The van der Waals surface area contributed by atoms with Crippen LogP contribution in [-0.4, -0.2) is 40.4 Å². The van der Waals surface area contributed by atoms with E-state index in [9.17, 15) is 9.59 Å². The third kappa shape index (κ3) is 2.05. The minimum atomic E-state index is -1.36. The molecule has 0 aromatic heterocycles. The van der Waals surface area contributed by atoms with Gasteiger partial charge in [-0.2, -0.15) is 0 Å². The van der Waals surface area contributed by atoms with Crippen molar-refractivity contribution in [2.24, 2.45) is 0 Å². The van der Waals surface area contributed by atoms with Gasteiger partial charge in [-0.15, -0.1) is 0 Å². The van der Waals surface area contributed by atoms with Crippen molar-refractivity contribution in [3.8, 4) is 0 Å². The zero-order chi connectivity index (χ0) is 9.14. The van der Waals surface area contributed by atoms with Gasteiger partial charge in [-0.1, -0.05) is 0 Å². The van der Waals surface area contributed by atoms with Crippen molar-refractivity contribution in [2.75, 3.05) is 0 Å². The molecule has 6 heteroatoms. The summed E-state index contributed by atoms with van der Waals surface area (Å²) in [4.78, 5) is 22.0.